The fraction of sp³-hybridized carbons (Fsp3) is 0.350. The molecule has 1 amide bonds. The quantitative estimate of drug-likeness (QED) is 0.930. The second kappa shape index (κ2) is 7.80. The molecule has 5 heteroatoms. The van der Waals surface area contributed by atoms with Gasteiger partial charge in [0.25, 0.3) is 5.91 Å². The minimum absolute atomic E-state index is 0.0676. The number of rotatable bonds is 4. The molecule has 0 radical (unpaired) electrons. The summed E-state index contributed by atoms with van der Waals surface area (Å²) in [4.78, 5) is 18.8. The Balaban J connectivity index is 1.56. The van der Waals surface area contributed by atoms with Crippen molar-refractivity contribution in [2.45, 2.75) is 26.3 Å². The average Bonchev–Trinajstić information content (AvgIpc) is 2.67. The molecule has 0 atom stereocenters. The highest BCUT2D eigenvalue weighted by Crippen LogP contribution is 2.18. The van der Waals surface area contributed by atoms with Crippen molar-refractivity contribution in [3.05, 3.63) is 59.3 Å². The van der Waals surface area contributed by atoms with Crippen LogP contribution in [0.3, 0.4) is 0 Å². The molecular formula is C20H22N4O. The highest BCUT2D eigenvalue weighted by molar-refractivity contribution is 5.94. The Morgan fingerprint density at radius 3 is 2.56 bits per heavy atom. The fourth-order valence-corrected chi connectivity index (χ4v) is 2.91. The third kappa shape index (κ3) is 4.36. The number of carbonyl (C=O) groups excluding carboxylic acids is 1. The van der Waals surface area contributed by atoms with Crippen LogP contribution in [0, 0.1) is 17.2 Å². The van der Waals surface area contributed by atoms with Crippen molar-refractivity contribution in [1.82, 2.24) is 9.88 Å². The average molecular weight is 334 g/mol. The van der Waals surface area contributed by atoms with Crippen molar-refractivity contribution in [2.75, 3.05) is 18.4 Å². The Kier molecular flexibility index (Phi) is 5.30. The maximum Gasteiger partial charge on any atom is 0.255 e. The Bertz CT molecular complexity index is 754. The van der Waals surface area contributed by atoms with Gasteiger partial charge >= 0.3 is 0 Å². The monoisotopic (exact) mass is 334 g/mol. The van der Waals surface area contributed by atoms with Crippen molar-refractivity contribution in [3.8, 4) is 6.07 Å². The van der Waals surface area contributed by atoms with E-state index in [1.807, 2.05) is 29.2 Å². The lowest BCUT2D eigenvalue weighted by Gasteiger charge is -2.30. The molecule has 1 N–H and O–H groups in total. The summed E-state index contributed by atoms with van der Waals surface area (Å²) in [6.07, 6.45) is 3.79. The molecule has 1 aliphatic rings. The van der Waals surface area contributed by atoms with Crippen molar-refractivity contribution < 1.29 is 4.79 Å². The van der Waals surface area contributed by atoms with Crippen LogP contribution in [0.15, 0.2) is 42.6 Å². The standard InChI is InChI=1S/C20H22N4O/c1-15-8-10-24(11-9-15)20(25)18-6-7-19(23-14-18)22-13-17-4-2-16(12-21)3-5-17/h2-7,14-15H,8-11,13H2,1H3,(H,22,23). The molecule has 1 aromatic heterocycles. The van der Waals surface area contributed by atoms with Crippen LogP contribution in [0.5, 0.6) is 0 Å². The normalized spacial score (nSPS) is 14.8. The summed E-state index contributed by atoms with van der Waals surface area (Å²) in [6.45, 7) is 4.52. The second-order valence-corrected chi connectivity index (χ2v) is 6.57. The number of anilines is 1. The van der Waals surface area contributed by atoms with Gasteiger partial charge in [0, 0.05) is 25.8 Å². The minimum Gasteiger partial charge on any atom is -0.366 e. The summed E-state index contributed by atoms with van der Waals surface area (Å²) in [6, 6.07) is 13.2. The lowest BCUT2D eigenvalue weighted by molar-refractivity contribution is 0.0697. The molecule has 0 bridgehead atoms. The largest absolute Gasteiger partial charge is 0.366 e. The van der Waals surface area contributed by atoms with Crippen molar-refractivity contribution in [3.63, 3.8) is 0 Å². The van der Waals surface area contributed by atoms with Gasteiger partial charge in [-0.25, -0.2) is 4.98 Å². The van der Waals surface area contributed by atoms with E-state index in [1.165, 1.54) is 0 Å². The summed E-state index contributed by atoms with van der Waals surface area (Å²) in [5, 5.41) is 12.0. The first-order valence-corrected chi connectivity index (χ1v) is 8.64. The van der Waals surface area contributed by atoms with E-state index in [0.29, 0.717) is 23.6 Å². The smallest absolute Gasteiger partial charge is 0.255 e. The van der Waals surface area contributed by atoms with Crippen LogP contribution in [0.25, 0.3) is 0 Å². The zero-order valence-corrected chi connectivity index (χ0v) is 14.4. The second-order valence-electron chi connectivity index (χ2n) is 6.57. The lowest BCUT2D eigenvalue weighted by Crippen LogP contribution is -2.37. The van der Waals surface area contributed by atoms with Crippen molar-refractivity contribution in [2.24, 2.45) is 5.92 Å². The predicted octanol–water partition coefficient (Wildman–Crippen LogP) is 3.44. The molecule has 128 valence electrons. The van der Waals surface area contributed by atoms with E-state index >= 15 is 0 Å². The number of aromatic nitrogens is 1. The number of benzene rings is 1. The van der Waals surface area contributed by atoms with E-state index < -0.39 is 0 Å². The number of pyridine rings is 1. The number of nitrogens with zero attached hydrogens (tertiary/aromatic N) is 3. The summed E-state index contributed by atoms with van der Waals surface area (Å²) in [5.41, 5.74) is 2.36. The molecule has 1 aliphatic heterocycles. The molecule has 0 saturated carbocycles. The molecule has 0 spiro atoms. The number of likely N-dealkylation sites (tertiary alicyclic amines) is 1. The predicted molar refractivity (Wildman–Crippen MR) is 97.0 cm³/mol. The first kappa shape index (κ1) is 17.0. The summed E-state index contributed by atoms with van der Waals surface area (Å²) in [5.74, 6) is 1.50. The van der Waals surface area contributed by atoms with Gasteiger partial charge in [-0.05, 0) is 48.6 Å². The zero-order chi connectivity index (χ0) is 17.6. The molecule has 0 unspecified atom stereocenters. The van der Waals surface area contributed by atoms with Gasteiger partial charge < -0.3 is 10.2 Å². The van der Waals surface area contributed by atoms with Crippen LogP contribution < -0.4 is 5.32 Å². The van der Waals surface area contributed by atoms with E-state index in [9.17, 15) is 4.79 Å². The van der Waals surface area contributed by atoms with Crippen molar-refractivity contribution in [1.29, 1.82) is 5.26 Å². The Hall–Kier alpha value is -2.87. The summed E-state index contributed by atoms with van der Waals surface area (Å²) >= 11 is 0. The third-order valence-electron chi connectivity index (χ3n) is 4.64. The minimum atomic E-state index is 0.0676. The van der Waals surface area contributed by atoms with E-state index in [4.69, 9.17) is 5.26 Å². The molecule has 3 rings (SSSR count). The Morgan fingerprint density at radius 2 is 1.96 bits per heavy atom. The SMILES string of the molecule is CC1CCN(C(=O)c2ccc(NCc3ccc(C#N)cc3)nc2)CC1. The van der Waals surface area contributed by atoms with Gasteiger partial charge in [0.05, 0.1) is 17.2 Å². The van der Waals surface area contributed by atoms with Crippen LogP contribution in [0.4, 0.5) is 5.82 Å². The van der Waals surface area contributed by atoms with E-state index in [1.54, 1.807) is 18.3 Å². The van der Waals surface area contributed by atoms with Gasteiger partial charge in [0.1, 0.15) is 5.82 Å². The molecular weight excluding hydrogens is 312 g/mol. The molecule has 25 heavy (non-hydrogen) atoms. The van der Waals surface area contributed by atoms with Gasteiger partial charge in [0.2, 0.25) is 0 Å². The van der Waals surface area contributed by atoms with Crippen LogP contribution >= 0.6 is 0 Å². The van der Waals surface area contributed by atoms with E-state index in [0.717, 1.165) is 37.3 Å². The van der Waals surface area contributed by atoms with Crippen LogP contribution in [0.1, 0.15) is 41.3 Å². The number of nitriles is 1. The first-order valence-electron chi connectivity index (χ1n) is 8.64. The van der Waals surface area contributed by atoms with E-state index in [2.05, 4.69) is 23.3 Å². The third-order valence-corrected chi connectivity index (χ3v) is 4.64. The van der Waals surface area contributed by atoms with Gasteiger partial charge in [-0.15, -0.1) is 0 Å². The van der Waals surface area contributed by atoms with Gasteiger partial charge in [-0.3, -0.25) is 4.79 Å². The fourth-order valence-electron chi connectivity index (χ4n) is 2.91. The maximum atomic E-state index is 12.5. The van der Waals surface area contributed by atoms with E-state index in [-0.39, 0.29) is 5.91 Å². The molecule has 2 aromatic rings. The molecule has 5 nitrogen and oxygen atoms in total. The van der Waals surface area contributed by atoms with Gasteiger partial charge in [-0.2, -0.15) is 5.26 Å². The summed E-state index contributed by atoms with van der Waals surface area (Å²) < 4.78 is 0. The molecule has 1 aromatic carbocycles. The molecule has 0 aliphatic carbocycles. The molecule has 1 saturated heterocycles. The molecule has 2 heterocycles. The Labute approximate surface area is 148 Å². The number of carbonyl (C=O) groups is 1. The van der Waals surface area contributed by atoms with Crippen molar-refractivity contribution >= 4 is 11.7 Å². The number of hydrogen-bond acceptors (Lipinski definition) is 4. The van der Waals surface area contributed by atoms with Crippen LogP contribution in [0.2, 0.25) is 0 Å². The van der Waals surface area contributed by atoms with Gasteiger partial charge in [-0.1, -0.05) is 19.1 Å². The number of hydrogen-bond donors (Lipinski definition) is 1. The number of piperidine rings is 1. The van der Waals surface area contributed by atoms with Crippen LogP contribution in [-0.2, 0) is 6.54 Å². The Morgan fingerprint density at radius 1 is 1.24 bits per heavy atom. The maximum absolute atomic E-state index is 12.5. The first-order chi connectivity index (χ1) is 12.2. The number of amides is 1. The summed E-state index contributed by atoms with van der Waals surface area (Å²) in [7, 11) is 0. The highest BCUT2D eigenvalue weighted by Gasteiger charge is 2.21. The topological polar surface area (TPSA) is 69.0 Å². The zero-order valence-electron chi connectivity index (χ0n) is 14.4. The lowest BCUT2D eigenvalue weighted by atomic mass is 9.99. The highest BCUT2D eigenvalue weighted by atomic mass is 16.2. The molecule has 1 fully saturated rings. The van der Waals surface area contributed by atoms with Crippen LogP contribution in [-0.4, -0.2) is 28.9 Å². The number of nitrogens with one attached hydrogen (secondary N) is 1. The van der Waals surface area contributed by atoms with Gasteiger partial charge in [0.15, 0.2) is 0 Å².